The summed E-state index contributed by atoms with van der Waals surface area (Å²) < 4.78 is 0. The van der Waals surface area contributed by atoms with Gasteiger partial charge in [0.25, 0.3) is 5.91 Å². The second-order valence-corrected chi connectivity index (χ2v) is 3.49. The maximum atomic E-state index is 12.0. The number of likely N-dealkylation sites (N-methyl/N-ethyl adjacent to an activating group) is 2. The number of carbonyl (C=O) groups excluding carboxylic acids is 2. The van der Waals surface area contributed by atoms with Crippen LogP contribution in [0.5, 0.6) is 0 Å². The number of nitrogens with one attached hydrogen (secondary N) is 1. The van der Waals surface area contributed by atoms with Crippen molar-refractivity contribution >= 4 is 11.8 Å². The summed E-state index contributed by atoms with van der Waals surface area (Å²) >= 11 is 0. The van der Waals surface area contributed by atoms with Gasteiger partial charge in [-0.15, -0.1) is 0 Å². The van der Waals surface area contributed by atoms with Crippen LogP contribution < -0.4 is 5.32 Å². The summed E-state index contributed by atoms with van der Waals surface area (Å²) in [5.74, 6) is -0.377. The average Bonchev–Trinajstić information content (AvgIpc) is 2.36. The van der Waals surface area contributed by atoms with Crippen LogP contribution in [0.3, 0.4) is 0 Å². The van der Waals surface area contributed by atoms with Gasteiger partial charge in [0.15, 0.2) is 0 Å². The Labute approximate surface area is 101 Å². The van der Waals surface area contributed by atoms with Crippen LogP contribution in [0.25, 0.3) is 0 Å². The van der Waals surface area contributed by atoms with Crippen molar-refractivity contribution in [1.82, 2.24) is 15.2 Å². The molecule has 0 aliphatic rings. The van der Waals surface area contributed by atoms with Crippen molar-refractivity contribution < 1.29 is 9.59 Å². The number of hydrogen-bond donors (Lipinski definition) is 1. The summed E-state index contributed by atoms with van der Waals surface area (Å²) in [7, 11) is 0. The van der Waals surface area contributed by atoms with E-state index in [0.717, 1.165) is 0 Å². The monoisotopic (exact) mass is 235 g/mol. The van der Waals surface area contributed by atoms with Crippen molar-refractivity contribution in [2.24, 2.45) is 0 Å². The number of hydrogen-bond acceptors (Lipinski definition) is 3. The number of aromatic nitrogens is 1. The molecule has 17 heavy (non-hydrogen) atoms. The topological polar surface area (TPSA) is 62.3 Å². The first-order valence-electron chi connectivity index (χ1n) is 5.66. The van der Waals surface area contributed by atoms with E-state index in [1.165, 1.54) is 4.90 Å². The number of pyridine rings is 1. The second kappa shape index (κ2) is 6.62. The highest BCUT2D eigenvalue weighted by Crippen LogP contribution is 2.00. The lowest BCUT2D eigenvalue weighted by molar-refractivity contribution is -0.121. The molecule has 0 aliphatic carbocycles. The van der Waals surface area contributed by atoms with Crippen molar-refractivity contribution in [3.63, 3.8) is 0 Å². The molecule has 5 heteroatoms. The maximum absolute atomic E-state index is 12.0. The number of nitrogens with zero attached hydrogens (tertiary/aromatic N) is 2. The molecule has 2 amide bonds. The predicted octanol–water partition coefficient (Wildman–Crippen LogP) is 0.680. The highest BCUT2D eigenvalue weighted by atomic mass is 16.2. The Balaban J connectivity index is 2.68. The predicted molar refractivity (Wildman–Crippen MR) is 64.5 cm³/mol. The second-order valence-electron chi connectivity index (χ2n) is 3.49. The molecule has 1 N–H and O–H groups in total. The van der Waals surface area contributed by atoms with Gasteiger partial charge in [-0.1, -0.05) is 6.07 Å². The van der Waals surface area contributed by atoms with Crippen LogP contribution in [-0.2, 0) is 4.79 Å². The summed E-state index contributed by atoms with van der Waals surface area (Å²) in [6, 6.07) is 5.14. The molecule has 0 saturated carbocycles. The number of carbonyl (C=O) groups is 2. The minimum absolute atomic E-state index is 0.0692. The zero-order valence-corrected chi connectivity index (χ0v) is 10.1. The minimum atomic E-state index is -0.223. The highest BCUT2D eigenvalue weighted by molar-refractivity contribution is 5.94. The van der Waals surface area contributed by atoms with Crippen molar-refractivity contribution in [2.75, 3.05) is 19.6 Å². The van der Waals surface area contributed by atoms with Crippen LogP contribution in [0.2, 0.25) is 0 Å². The van der Waals surface area contributed by atoms with Crippen LogP contribution in [0.15, 0.2) is 24.4 Å². The smallest absolute Gasteiger partial charge is 0.272 e. The van der Waals surface area contributed by atoms with E-state index in [-0.39, 0.29) is 18.4 Å². The lowest BCUT2D eigenvalue weighted by atomic mass is 10.3. The Morgan fingerprint density at radius 1 is 1.35 bits per heavy atom. The normalized spacial score (nSPS) is 9.76. The van der Waals surface area contributed by atoms with E-state index < -0.39 is 0 Å². The van der Waals surface area contributed by atoms with Gasteiger partial charge in [-0.05, 0) is 26.0 Å². The molecule has 0 aromatic carbocycles. The SMILES string of the molecule is CCNC(=O)CN(CC)C(=O)c1ccccn1. The van der Waals surface area contributed by atoms with Gasteiger partial charge in [0.05, 0.1) is 6.54 Å². The van der Waals surface area contributed by atoms with E-state index in [1.807, 2.05) is 13.8 Å². The fraction of sp³-hybridized carbons (Fsp3) is 0.417. The standard InChI is InChI=1S/C12H17N3O2/c1-3-13-11(16)9-15(4-2)12(17)10-7-5-6-8-14-10/h5-8H,3-4,9H2,1-2H3,(H,13,16). The molecule has 0 radical (unpaired) electrons. The summed E-state index contributed by atoms with van der Waals surface area (Å²) in [6.45, 7) is 4.79. The lowest BCUT2D eigenvalue weighted by Gasteiger charge is -2.19. The summed E-state index contributed by atoms with van der Waals surface area (Å²) in [5, 5.41) is 2.66. The van der Waals surface area contributed by atoms with Gasteiger partial charge in [-0.2, -0.15) is 0 Å². The van der Waals surface area contributed by atoms with Crippen LogP contribution >= 0.6 is 0 Å². The highest BCUT2D eigenvalue weighted by Gasteiger charge is 2.17. The molecule has 0 saturated heterocycles. The fourth-order valence-corrected chi connectivity index (χ4v) is 1.40. The zero-order chi connectivity index (χ0) is 12.7. The van der Waals surface area contributed by atoms with E-state index in [9.17, 15) is 9.59 Å². The van der Waals surface area contributed by atoms with E-state index in [1.54, 1.807) is 24.4 Å². The Morgan fingerprint density at radius 3 is 2.65 bits per heavy atom. The van der Waals surface area contributed by atoms with Gasteiger partial charge >= 0.3 is 0 Å². The van der Waals surface area contributed by atoms with E-state index >= 15 is 0 Å². The van der Waals surface area contributed by atoms with Crippen LogP contribution in [0.4, 0.5) is 0 Å². The van der Waals surface area contributed by atoms with Gasteiger partial charge in [-0.3, -0.25) is 14.6 Å². The van der Waals surface area contributed by atoms with Crippen molar-refractivity contribution in [3.8, 4) is 0 Å². The Kier molecular flexibility index (Phi) is 5.13. The molecule has 1 heterocycles. The molecule has 1 aromatic heterocycles. The molecule has 0 unspecified atom stereocenters. The molecule has 0 aliphatic heterocycles. The molecule has 0 atom stereocenters. The van der Waals surface area contributed by atoms with E-state index in [4.69, 9.17) is 0 Å². The first-order chi connectivity index (χ1) is 8.19. The molecular formula is C12H17N3O2. The van der Waals surface area contributed by atoms with Crippen molar-refractivity contribution in [2.45, 2.75) is 13.8 Å². The number of amides is 2. The molecular weight excluding hydrogens is 218 g/mol. The molecule has 0 fully saturated rings. The lowest BCUT2D eigenvalue weighted by Crippen LogP contribution is -2.40. The van der Waals surface area contributed by atoms with Crippen molar-refractivity contribution in [3.05, 3.63) is 30.1 Å². The maximum Gasteiger partial charge on any atom is 0.272 e. The molecule has 1 aromatic rings. The van der Waals surface area contributed by atoms with Gasteiger partial charge in [0.1, 0.15) is 5.69 Å². The van der Waals surface area contributed by atoms with Crippen LogP contribution in [0.1, 0.15) is 24.3 Å². The summed E-state index contributed by atoms with van der Waals surface area (Å²) in [5.41, 5.74) is 0.360. The summed E-state index contributed by atoms with van der Waals surface area (Å²) in [6.07, 6.45) is 1.56. The minimum Gasteiger partial charge on any atom is -0.355 e. The Hall–Kier alpha value is -1.91. The Morgan fingerprint density at radius 2 is 2.12 bits per heavy atom. The van der Waals surface area contributed by atoms with Gasteiger partial charge in [0, 0.05) is 19.3 Å². The number of rotatable bonds is 5. The third-order valence-electron chi connectivity index (χ3n) is 2.26. The third-order valence-corrected chi connectivity index (χ3v) is 2.26. The molecule has 5 nitrogen and oxygen atoms in total. The first-order valence-corrected chi connectivity index (χ1v) is 5.66. The van der Waals surface area contributed by atoms with Gasteiger partial charge < -0.3 is 10.2 Å². The van der Waals surface area contributed by atoms with E-state index in [2.05, 4.69) is 10.3 Å². The van der Waals surface area contributed by atoms with Crippen LogP contribution in [-0.4, -0.2) is 41.3 Å². The van der Waals surface area contributed by atoms with Gasteiger partial charge in [0.2, 0.25) is 5.91 Å². The fourth-order valence-electron chi connectivity index (χ4n) is 1.40. The summed E-state index contributed by atoms with van der Waals surface area (Å²) in [4.78, 5) is 28.9. The largest absolute Gasteiger partial charge is 0.355 e. The quantitative estimate of drug-likeness (QED) is 0.816. The Bertz CT molecular complexity index is 379. The molecule has 92 valence electrons. The third kappa shape index (κ3) is 3.86. The first kappa shape index (κ1) is 13.2. The zero-order valence-electron chi connectivity index (χ0n) is 10.1. The molecule has 0 spiro atoms. The molecule has 1 rings (SSSR count). The van der Waals surface area contributed by atoms with Crippen LogP contribution in [0, 0.1) is 0 Å². The van der Waals surface area contributed by atoms with Gasteiger partial charge in [-0.25, -0.2) is 0 Å². The molecule has 0 bridgehead atoms. The average molecular weight is 235 g/mol. The van der Waals surface area contributed by atoms with E-state index in [0.29, 0.717) is 18.8 Å². The van der Waals surface area contributed by atoms with Crippen molar-refractivity contribution in [1.29, 1.82) is 0 Å².